The van der Waals surface area contributed by atoms with Gasteiger partial charge < -0.3 is 10.1 Å². The molecule has 0 aromatic carbocycles. The van der Waals surface area contributed by atoms with Gasteiger partial charge in [-0.3, -0.25) is 9.59 Å². The molecule has 0 radical (unpaired) electrons. The van der Waals surface area contributed by atoms with Gasteiger partial charge in [-0.1, -0.05) is 0 Å². The Balaban J connectivity index is 2.55. The maximum absolute atomic E-state index is 10.7. The molecule has 2 atom stereocenters. The predicted octanol–water partition coefficient (Wildman–Crippen LogP) is -0.706. The largest absolute Gasteiger partial charge is 0.468 e. The number of carbonyl (C=O) groups excluding carboxylic acids is 2. The average molecular weight is 143 g/mol. The van der Waals surface area contributed by atoms with E-state index in [0.717, 1.165) is 0 Å². The van der Waals surface area contributed by atoms with Crippen LogP contribution in [-0.4, -0.2) is 25.0 Å². The van der Waals surface area contributed by atoms with Gasteiger partial charge in [-0.15, -0.1) is 0 Å². The van der Waals surface area contributed by atoms with Crippen LogP contribution < -0.4 is 5.32 Å². The molecule has 1 fully saturated rings. The number of β-lactam (4-membered cyclic amide) rings is 1. The first-order chi connectivity index (χ1) is 4.66. The van der Waals surface area contributed by atoms with Gasteiger partial charge in [-0.2, -0.15) is 0 Å². The van der Waals surface area contributed by atoms with Crippen LogP contribution in [0.3, 0.4) is 0 Å². The van der Waals surface area contributed by atoms with Gasteiger partial charge in [0.1, 0.15) is 0 Å². The quantitative estimate of drug-likeness (QED) is 0.300. The minimum Gasteiger partial charge on any atom is -0.468 e. The van der Waals surface area contributed by atoms with Crippen molar-refractivity contribution in [3.05, 3.63) is 0 Å². The Hall–Kier alpha value is -1.06. The van der Waals surface area contributed by atoms with Crippen LogP contribution in [-0.2, 0) is 14.3 Å². The van der Waals surface area contributed by atoms with Crippen LogP contribution >= 0.6 is 0 Å². The molecule has 1 saturated heterocycles. The smallest absolute Gasteiger partial charge is 0.320 e. The number of nitrogens with one attached hydrogen (secondary N) is 1. The second kappa shape index (κ2) is 2.28. The van der Waals surface area contributed by atoms with E-state index in [1.165, 1.54) is 7.11 Å². The fourth-order valence-electron chi connectivity index (χ4n) is 0.966. The highest BCUT2D eigenvalue weighted by atomic mass is 16.5. The third kappa shape index (κ3) is 0.853. The van der Waals surface area contributed by atoms with Crippen molar-refractivity contribution in [2.45, 2.75) is 13.0 Å². The lowest BCUT2D eigenvalue weighted by Gasteiger charge is -2.31. The second-order valence-electron chi connectivity index (χ2n) is 2.30. The van der Waals surface area contributed by atoms with Crippen molar-refractivity contribution in [2.24, 2.45) is 5.92 Å². The molecule has 1 aliphatic rings. The lowest BCUT2D eigenvalue weighted by atomic mass is 9.92. The van der Waals surface area contributed by atoms with Crippen LogP contribution in [0.25, 0.3) is 0 Å². The zero-order valence-electron chi connectivity index (χ0n) is 5.88. The van der Waals surface area contributed by atoms with Crippen LogP contribution in [0.15, 0.2) is 0 Å². The van der Waals surface area contributed by atoms with Gasteiger partial charge in [0.15, 0.2) is 5.92 Å². The van der Waals surface area contributed by atoms with Gasteiger partial charge in [0.25, 0.3) is 0 Å². The van der Waals surface area contributed by atoms with Crippen molar-refractivity contribution in [3.8, 4) is 0 Å². The van der Waals surface area contributed by atoms with Crippen LogP contribution in [0.1, 0.15) is 6.92 Å². The Labute approximate surface area is 58.5 Å². The van der Waals surface area contributed by atoms with Gasteiger partial charge in [-0.25, -0.2) is 0 Å². The molecule has 0 saturated carbocycles. The first kappa shape index (κ1) is 7.05. The Morgan fingerprint density at radius 3 is 2.50 bits per heavy atom. The molecular weight excluding hydrogens is 134 g/mol. The van der Waals surface area contributed by atoms with E-state index >= 15 is 0 Å². The molecule has 4 nitrogen and oxygen atoms in total. The maximum atomic E-state index is 10.7. The highest BCUT2D eigenvalue weighted by molar-refractivity contribution is 6.03. The summed E-state index contributed by atoms with van der Waals surface area (Å²) in [6, 6.07) is -0.0695. The topological polar surface area (TPSA) is 55.4 Å². The number of carbonyl (C=O) groups is 2. The molecular formula is C6H9NO3. The number of ether oxygens (including phenoxy) is 1. The summed E-state index contributed by atoms with van der Waals surface area (Å²) in [4.78, 5) is 21.4. The lowest BCUT2D eigenvalue weighted by Crippen LogP contribution is -2.59. The fourth-order valence-corrected chi connectivity index (χ4v) is 0.966. The molecule has 0 aromatic heterocycles. The van der Waals surface area contributed by atoms with Gasteiger partial charge in [-0.05, 0) is 6.92 Å². The minimum absolute atomic E-state index is 0.0695. The van der Waals surface area contributed by atoms with Crippen molar-refractivity contribution >= 4 is 11.9 Å². The molecule has 0 spiro atoms. The van der Waals surface area contributed by atoms with Crippen molar-refractivity contribution in [2.75, 3.05) is 7.11 Å². The van der Waals surface area contributed by atoms with Gasteiger partial charge in [0, 0.05) is 6.04 Å². The predicted molar refractivity (Wildman–Crippen MR) is 33.1 cm³/mol. The first-order valence-corrected chi connectivity index (χ1v) is 3.05. The molecule has 1 rings (SSSR count). The molecule has 0 aromatic rings. The summed E-state index contributed by atoms with van der Waals surface area (Å²) in [5.41, 5.74) is 0. The highest BCUT2D eigenvalue weighted by Gasteiger charge is 2.42. The normalized spacial score (nSPS) is 30.4. The van der Waals surface area contributed by atoms with Crippen molar-refractivity contribution < 1.29 is 14.3 Å². The summed E-state index contributed by atoms with van der Waals surface area (Å²) >= 11 is 0. The molecule has 0 aliphatic carbocycles. The van der Waals surface area contributed by atoms with Crippen LogP contribution in [0, 0.1) is 5.92 Å². The SMILES string of the molecule is COC(=O)[C@@H]1C(=O)N[C@H]1C. The second-order valence-corrected chi connectivity index (χ2v) is 2.30. The number of rotatable bonds is 1. The van der Waals surface area contributed by atoms with Crippen LogP contribution in [0.4, 0.5) is 0 Å². The lowest BCUT2D eigenvalue weighted by molar-refractivity contribution is -0.156. The molecule has 0 bridgehead atoms. The van der Waals surface area contributed by atoms with E-state index in [2.05, 4.69) is 10.1 Å². The molecule has 4 heteroatoms. The van der Waals surface area contributed by atoms with E-state index in [1.807, 2.05) is 0 Å². The Kier molecular flexibility index (Phi) is 1.61. The molecule has 1 heterocycles. The number of hydrogen-bond acceptors (Lipinski definition) is 3. The van der Waals surface area contributed by atoms with Crippen LogP contribution in [0.5, 0.6) is 0 Å². The Morgan fingerprint density at radius 2 is 2.30 bits per heavy atom. The summed E-state index contributed by atoms with van der Waals surface area (Å²) in [5, 5.41) is 2.53. The van der Waals surface area contributed by atoms with E-state index in [9.17, 15) is 9.59 Å². The Morgan fingerprint density at radius 1 is 1.70 bits per heavy atom. The monoisotopic (exact) mass is 143 g/mol. The first-order valence-electron chi connectivity index (χ1n) is 3.05. The molecule has 1 N–H and O–H groups in total. The van der Waals surface area contributed by atoms with E-state index in [4.69, 9.17) is 0 Å². The molecule has 56 valence electrons. The fraction of sp³-hybridized carbons (Fsp3) is 0.667. The average Bonchev–Trinajstić information content (AvgIpc) is 1.87. The Bertz CT molecular complexity index is 178. The zero-order chi connectivity index (χ0) is 7.72. The van der Waals surface area contributed by atoms with E-state index < -0.39 is 11.9 Å². The number of hydrogen-bond donors (Lipinski definition) is 1. The van der Waals surface area contributed by atoms with Crippen molar-refractivity contribution in [3.63, 3.8) is 0 Å². The van der Waals surface area contributed by atoms with Crippen molar-refractivity contribution in [1.29, 1.82) is 0 Å². The third-order valence-corrected chi connectivity index (χ3v) is 1.61. The summed E-state index contributed by atoms with van der Waals surface area (Å²) in [5.74, 6) is -1.26. The molecule has 0 unspecified atom stereocenters. The number of methoxy groups -OCH3 is 1. The highest BCUT2D eigenvalue weighted by Crippen LogP contribution is 2.15. The standard InChI is InChI=1S/C6H9NO3/c1-3-4(5(8)7-3)6(9)10-2/h3-4H,1-2H3,(H,7,8)/t3-,4-/m0/s1. The zero-order valence-corrected chi connectivity index (χ0v) is 5.88. The maximum Gasteiger partial charge on any atom is 0.320 e. The number of esters is 1. The third-order valence-electron chi connectivity index (χ3n) is 1.61. The van der Waals surface area contributed by atoms with Gasteiger partial charge in [0.05, 0.1) is 7.11 Å². The van der Waals surface area contributed by atoms with Gasteiger partial charge >= 0.3 is 5.97 Å². The van der Waals surface area contributed by atoms with E-state index in [1.54, 1.807) is 6.92 Å². The van der Waals surface area contributed by atoms with E-state index in [-0.39, 0.29) is 11.9 Å². The van der Waals surface area contributed by atoms with Crippen LogP contribution in [0.2, 0.25) is 0 Å². The summed E-state index contributed by atoms with van der Waals surface area (Å²) in [6.45, 7) is 1.77. The molecule has 1 amide bonds. The summed E-state index contributed by atoms with van der Waals surface area (Å²) in [6.07, 6.45) is 0. The molecule has 1 aliphatic heterocycles. The summed E-state index contributed by atoms with van der Waals surface area (Å²) in [7, 11) is 1.28. The van der Waals surface area contributed by atoms with Gasteiger partial charge in [0.2, 0.25) is 5.91 Å². The molecule has 10 heavy (non-hydrogen) atoms. The summed E-state index contributed by atoms with van der Waals surface area (Å²) < 4.78 is 4.40. The van der Waals surface area contributed by atoms with Crippen molar-refractivity contribution in [1.82, 2.24) is 5.32 Å². The van der Waals surface area contributed by atoms with E-state index in [0.29, 0.717) is 0 Å². The minimum atomic E-state index is -0.579. The number of amides is 1.